The number of anilines is 1. The van der Waals surface area contributed by atoms with Gasteiger partial charge in [0.2, 0.25) is 0 Å². The van der Waals surface area contributed by atoms with E-state index in [9.17, 15) is 13.2 Å². The summed E-state index contributed by atoms with van der Waals surface area (Å²) in [7, 11) is 0. The standard InChI is InChI=1S/C14H18F3NO/c1-9-3-2-4-12(5-9)19-13-7-10(14(15,16)17)6-11(18)8-13/h6-9,12H,2-5,18H2,1H3. The lowest BCUT2D eigenvalue weighted by Gasteiger charge is -2.27. The normalized spacial score (nSPS) is 24.2. The Morgan fingerprint density at radius 2 is 1.95 bits per heavy atom. The average Bonchev–Trinajstić information content (AvgIpc) is 2.26. The molecule has 1 aliphatic rings. The molecule has 5 heteroatoms. The van der Waals surface area contributed by atoms with E-state index in [4.69, 9.17) is 10.5 Å². The van der Waals surface area contributed by atoms with Crippen molar-refractivity contribution in [3.8, 4) is 5.75 Å². The third kappa shape index (κ3) is 3.78. The molecule has 0 radical (unpaired) electrons. The fourth-order valence-electron chi connectivity index (χ4n) is 2.53. The van der Waals surface area contributed by atoms with Crippen LogP contribution in [-0.2, 0) is 6.18 Å². The lowest BCUT2D eigenvalue weighted by atomic mass is 9.89. The van der Waals surface area contributed by atoms with Gasteiger partial charge in [0.05, 0.1) is 11.7 Å². The van der Waals surface area contributed by atoms with Crippen molar-refractivity contribution >= 4 is 5.69 Å². The molecule has 1 aromatic rings. The van der Waals surface area contributed by atoms with Crippen LogP contribution in [0.1, 0.15) is 38.2 Å². The molecule has 2 unspecified atom stereocenters. The molecule has 0 amide bonds. The van der Waals surface area contributed by atoms with Crippen LogP contribution in [0.5, 0.6) is 5.75 Å². The number of benzene rings is 1. The monoisotopic (exact) mass is 273 g/mol. The van der Waals surface area contributed by atoms with Crippen molar-refractivity contribution in [1.29, 1.82) is 0 Å². The Morgan fingerprint density at radius 3 is 2.58 bits per heavy atom. The molecule has 2 N–H and O–H groups in total. The third-order valence-electron chi connectivity index (χ3n) is 3.45. The maximum absolute atomic E-state index is 12.7. The van der Waals surface area contributed by atoms with E-state index in [1.54, 1.807) is 0 Å². The highest BCUT2D eigenvalue weighted by Gasteiger charge is 2.31. The second kappa shape index (κ2) is 5.31. The summed E-state index contributed by atoms with van der Waals surface area (Å²) in [6.45, 7) is 2.13. The number of hydrogen-bond donors (Lipinski definition) is 1. The molecule has 2 nitrogen and oxygen atoms in total. The van der Waals surface area contributed by atoms with Gasteiger partial charge < -0.3 is 10.5 Å². The Labute approximate surface area is 110 Å². The van der Waals surface area contributed by atoms with Crippen molar-refractivity contribution in [1.82, 2.24) is 0 Å². The fourth-order valence-corrected chi connectivity index (χ4v) is 2.53. The summed E-state index contributed by atoms with van der Waals surface area (Å²) >= 11 is 0. The van der Waals surface area contributed by atoms with E-state index in [2.05, 4.69) is 6.92 Å². The van der Waals surface area contributed by atoms with Crippen LogP contribution in [0.4, 0.5) is 18.9 Å². The predicted octanol–water partition coefficient (Wildman–Crippen LogP) is 4.25. The van der Waals surface area contributed by atoms with Crippen LogP contribution in [0.2, 0.25) is 0 Å². The number of ether oxygens (including phenoxy) is 1. The maximum Gasteiger partial charge on any atom is 0.416 e. The minimum atomic E-state index is -4.40. The topological polar surface area (TPSA) is 35.2 Å². The van der Waals surface area contributed by atoms with Crippen molar-refractivity contribution in [3.05, 3.63) is 23.8 Å². The summed E-state index contributed by atoms with van der Waals surface area (Å²) < 4.78 is 43.7. The predicted molar refractivity (Wildman–Crippen MR) is 67.9 cm³/mol. The average molecular weight is 273 g/mol. The van der Waals surface area contributed by atoms with Crippen LogP contribution in [0.25, 0.3) is 0 Å². The van der Waals surface area contributed by atoms with Crippen LogP contribution < -0.4 is 10.5 Å². The van der Waals surface area contributed by atoms with Gasteiger partial charge in [0.15, 0.2) is 0 Å². The molecule has 1 saturated carbocycles. The third-order valence-corrected chi connectivity index (χ3v) is 3.45. The van der Waals surface area contributed by atoms with E-state index in [0.717, 1.165) is 37.8 Å². The van der Waals surface area contributed by atoms with Gasteiger partial charge in [-0.3, -0.25) is 0 Å². The number of rotatable bonds is 2. The van der Waals surface area contributed by atoms with E-state index in [0.29, 0.717) is 5.92 Å². The molecule has 1 fully saturated rings. The molecule has 106 valence electrons. The maximum atomic E-state index is 12.7. The zero-order valence-corrected chi connectivity index (χ0v) is 10.8. The summed E-state index contributed by atoms with van der Waals surface area (Å²) in [5.74, 6) is 0.772. The summed E-state index contributed by atoms with van der Waals surface area (Å²) in [6.07, 6.45) is -0.416. The summed E-state index contributed by atoms with van der Waals surface area (Å²) in [6, 6.07) is 3.40. The van der Waals surface area contributed by atoms with Gasteiger partial charge in [-0.05, 0) is 37.3 Å². The van der Waals surface area contributed by atoms with Gasteiger partial charge in [-0.25, -0.2) is 0 Å². The molecular weight excluding hydrogens is 255 g/mol. The first-order chi connectivity index (χ1) is 8.84. The number of alkyl halides is 3. The molecule has 0 bridgehead atoms. The minimum absolute atomic E-state index is 0.00775. The first-order valence-corrected chi connectivity index (χ1v) is 6.49. The fraction of sp³-hybridized carbons (Fsp3) is 0.571. The smallest absolute Gasteiger partial charge is 0.416 e. The van der Waals surface area contributed by atoms with Gasteiger partial charge in [-0.1, -0.05) is 13.3 Å². The summed E-state index contributed by atoms with van der Waals surface area (Å²) in [5.41, 5.74) is 4.83. The molecule has 0 aliphatic heterocycles. The summed E-state index contributed by atoms with van der Waals surface area (Å²) in [5, 5.41) is 0. The van der Waals surface area contributed by atoms with Gasteiger partial charge in [0.1, 0.15) is 5.75 Å². The molecule has 0 spiro atoms. The Bertz CT molecular complexity index is 445. The molecule has 2 atom stereocenters. The zero-order valence-electron chi connectivity index (χ0n) is 10.8. The van der Waals surface area contributed by atoms with Gasteiger partial charge in [-0.2, -0.15) is 13.2 Å². The first kappa shape index (κ1) is 14.0. The Hall–Kier alpha value is -1.39. The van der Waals surface area contributed by atoms with Gasteiger partial charge in [0, 0.05) is 11.8 Å². The van der Waals surface area contributed by atoms with Crippen LogP contribution >= 0.6 is 0 Å². The van der Waals surface area contributed by atoms with Crippen molar-refractivity contribution in [2.45, 2.75) is 44.9 Å². The highest BCUT2D eigenvalue weighted by molar-refractivity contribution is 5.48. The highest BCUT2D eigenvalue weighted by Crippen LogP contribution is 2.35. The number of nitrogens with two attached hydrogens (primary N) is 1. The molecule has 19 heavy (non-hydrogen) atoms. The quantitative estimate of drug-likeness (QED) is 0.818. The Morgan fingerprint density at radius 1 is 1.21 bits per heavy atom. The second-order valence-electron chi connectivity index (χ2n) is 5.30. The Balaban J connectivity index is 2.14. The largest absolute Gasteiger partial charge is 0.490 e. The Kier molecular flexibility index (Phi) is 3.92. The van der Waals surface area contributed by atoms with E-state index in [-0.39, 0.29) is 17.5 Å². The van der Waals surface area contributed by atoms with Gasteiger partial charge in [-0.15, -0.1) is 0 Å². The van der Waals surface area contributed by atoms with Crippen molar-refractivity contribution in [2.24, 2.45) is 5.92 Å². The second-order valence-corrected chi connectivity index (χ2v) is 5.30. The van der Waals surface area contributed by atoms with Crippen LogP contribution in [0, 0.1) is 5.92 Å². The van der Waals surface area contributed by atoms with Crippen molar-refractivity contribution in [3.63, 3.8) is 0 Å². The zero-order chi connectivity index (χ0) is 14.0. The number of hydrogen-bond acceptors (Lipinski definition) is 2. The highest BCUT2D eigenvalue weighted by atomic mass is 19.4. The molecule has 2 rings (SSSR count). The van der Waals surface area contributed by atoms with E-state index in [1.807, 2.05) is 0 Å². The number of nitrogen functional groups attached to an aromatic ring is 1. The molecule has 0 saturated heterocycles. The minimum Gasteiger partial charge on any atom is -0.490 e. The van der Waals surface area contributed by atoms with Crippen molar-refractivity contribution in [2.75, 3.05) is 5.73 Å². The first-order valence-electron chi connectivity index (χ1n) is 6.49. The molecule has 1 aromatic carbocycles. The molecule has 1 aliphatic carbocycles. The van der Waals surface area contributed by atoms with Crippen LogP contribution in [0.15, 0.2) is 18.2 Å². The van der Waals surface area contributed by atoms with E-state index in [1.165, 1.54) is 6.07 Å². The molecular formula is C14H18F3NO. The molecule has 0 heterocycles. The van der Waals surface area contributed by atoms with E-state index < -0.39 is 11.7 Å². The van der Waals surface area contributed by atoms with Crippen LogP contribution in [-0.4, -0.2) is 6.10 Å². The van der Waals surface area contributed by atoms with Gasteiger partial charge in [0.25, 0.3) is 0 Å². The lowest BCUT2D eigenvalue weighted by Crippen LogP contribution is -2.24. The van der Waals surface area contributed by atoms with Crippen molar-refractivity contribution < 1.29 is 17.9 Å². The van der Waals surface area contributed by atoms with Gasteiger partial charge >= 0.3 is 6.18 Å². The van der Waals surface area contributed by atoms with E-state index >= 15 is 0 Å². The van der Waals surface area contributed by atoms with Crippen LogP contribution in [0.3, 0.4) is 0 Å². The number of halogens is 3. The lowest BCUT2D eigenvalue weighted by molar-refractivity contribution is -0.137. The molecule has 0 aromatic heterocycles. The SMILES string of the molecule is CC1CCCC(Oc2cc(N)cc(C(F)(F)F)c2)C1. The summed E-state index contributed by atoms with van der Waals surface area (Å²) in [4.78, 5) is 0.